The van der Waals surface area contributed by atoms with Gasteiger partial charge in [-0.1, -0.05) is 0 Å². The highest BCUT2D eigenvalue weighted by atomic mass is 16.5. The number of rotatable bonds is 6. The predicted molar refractivity (Wildman–Crippen MR) is 65.7 cm³/mol. The molecule has 0 aromatic heterocycles. The molecule has 3 N–H and O–H groups in total. The van der Waals surface area contributed by atoms with Crippen molar-refractivity contribution in [3.63, 3.8) is 0 Å². The van der Waals surface area contributed by atoms with Crippen LogP contribution in [-0.2, 0) is 14.3 Å². The Morgan fingerprint density at radius 3 is 2.65 bits per heavy atom. The van der Waals surface area contributed by atoms with Crippen LogP contribution in [0.25, 0.3) is 0 Å². The van der Waals surface area contributed by atoms with Crippen LogP contribution in [0.4, 0.5) is 0 Å². The number of carbonyl (C=O) groups excluding carboxylic acids is 1. The lowest BCUT2D eigenvalue weighted by atomic mass is 9.94. The molecule has 1 aliphatic rings. The first-order valence-electron chi connectivity index (χ1n) is 6.31. The molecular weight excluding hydrogens is 220 g/mol. The topological polar surface area (TPSA) is 73.6 Å². The Hall–Kier alpha value is -0.650. The monoisotopic (exact) mass is 244 g/mol. The molecule has 0 aromatic rings. The van der Waals surface area contributed by atoms with Crippen LogP contribution in [0.2, 0.25) is 0 Å². The summed E-state index contributed by atoms with van der Waals surface area (Å²) >= 11 is 0. The molecular formula is C12H24N2O3. The average Bonchev–Trinajstić information content (AvgIpc) is 2.35. The molecule has 1 atom stereocenters. The lowest BCUT2D eigenvalue weighted by Gasteiger charge is -2.26. The standard InChI is InChI=1S/C12H24N2O3/c1-9(16-2)12(15)14-7-8-17-11-5-3-10(13)4-6-11/h9-11H,3-8,13H2,1-2H3,(H,14,15). The lowest BCUT2D eigenvalue weighted by Crippen LogP contribution is -2.37. The van der Waals surface area contributed by atoms with Crippen LogP contribution in [0.15, 0.2) is 0 Å². The molecule has 0 spiro atoms. The quantitative estimate of drug-likeness (QED) is 0.664. The fraction of sp³-hybridized carbons (Fsp3) is 0.917. The third kappa shape index (κ3) is 5.48. The fourth-order valence-electron chi connectivity index (χ4n) is 1.91. The van der Waals surface area contributed by atoms with Crippen molar-refractivity contribution in [1.82, 2.24) is 5.32 Å². The van der Waals surface area contributed by atoms with Crippen molar-refractivity contribution in [2.75, 3.05) is 20.3 Å². The van der Waals surface area contributed by atoms with Crippen molar-refractivity contribution in [1.29, 1.82) is 0 Å². The Kier molecular flexibility index (Phi) is 6.47. The summed E-state index contributed by atoms with van der Waals surface area (Å²) in [4.78, 5) is 11.4. The molecule has 100 valence electrons. The molecule has 5 nitrogen and oxygen atoms in total. The van der Waals surface area contributed by atoms with E-state index < -0.39 is 6.10 Å². The Balaban J connectivity index is 2.02. The molecule has 1 fully saturated rings. The number of carbonyl (C=O) groups is 1. The van der Waals surface area contributed by atoms with Gasteiger partial charge >= 0.3 is 0 Å². The Morgan fingerprint density at radius 2 is 2.06 bits per heavy atom. The number of hydrogen-bond acceptors (Lipinski definition) is 4. The highest BCUT2D eigenvalue weighted by molar-refractivity contribution is 5.80. The predicted octanol–water partition coefficient (Wildman–Crippen LogP) is 0.424. The van der Waals surface area contributed by atoms with Crippen molar-refractivity contribution >= 4 is 5.91 Å². The van der Waals surface area contributed by atoms with Gasteiger partial charge in [-0.05, 0) is 32.6 Å². The fourth-order valence-corrected chi connectivity index (χ4v) is 1.91. The van der Waals surface area contributed by atoms with Gasteiger partial charge in [0.25, 0.3) is 0 Å². The second-order valence-corrected chi connectivity index (χ2v) is 4.58. The van der Waals surface area contributed by atoms with Crippen LogP contribution in [-0.4, -0.2) is 44.4 Å². The molecule has 17 heavy (non-hydrogen) atoms. The largest absolute Gasteiger partial charge is 0.376 e. The summed E-state index contributed by atoms with van der Waals surface area (Å²) in [5.41, 5.74) is 5.81. The van der Waals surface area contributed by atoms with E-state index in [1.54, 1.807) is 6.92 Å². The molecule has 1 amide bonds. The molecule has 1 saturated carbocycles. The second-order valence-electron chi connectivity index (χ2n) is 4.58. The second kappa shape index (κ2) is 7.63. The van der Waals surface area contributed by atoms with Gasteiger partial charge in [0.15, 0.2) is 0 Å². The number of amides is 1. The van der Waals surface area contributed by atoms with Crippen molar-refractivity contribution < 1.29 is 14.3 Å². The number of ether oxygens (including phenoxy) is 2. The molecule has 0 saturated heterocycles. The summed E-state index contributed by atoms with van der Waals surface area (Å²) in [5, 5.41) is 2.77. The molecule has 1 unspecified atom stereocenters. The van der Waals surface area contributed by atoms with Crippen LogP contribution in [0, 0.1) is 0 Å². The number of methoxy groups -OCH3 is 1. The molecule has 0 bridgehead atoms. The maximum atomic E-state index is 11.4. The average molecular weight is 244 g/mol. The first-order valence-corrected chi connectivity index (χ1v) is 6.31. The van der Waals surface area contributed by atoms with Crippen LogP contribution in [0.3, 0.4) is 0 Å². The zero-order valence-electron chi connectivity index (χ0n) is 10.8. The van der Waals surface area contributed by atoms with Crippen molar-refractivity contribution in [3.8, 4) is 0 Å². The van der Waals surface area contributed by atoms with Crippen molar-refractivity contribution in [2.45, 2.75) is 50.9 Å². The SMILES string of the molecule is COC(C)C(=O)NCCOC1CCC(N)CC1. The first-order chi connectivity index (χ1) is 8.13. The van der Waals surface area contributed by atoms with Crippen LogP contribution < -0.4 is 11.1 Å². The zero-order valence-corrected chi connectivity index (χ0v) is 10.8. The summed E-state index contributed by atoms with van der Waals surface area (Å²) in [6, 6.07) is 0.345. The molecule has 0 heterocycles. The summed E-state index contributed by atoms with van der Waals surface area (Å²) in [6.07, 6.45) is 4.05. The van der Waals surface area contributed by atoms with E-state index in [1.165, 1.54) is 7.11 Å². The highest BCUT2D eigenvalue weighted by Gasteiger charge is 2.18. The summed E-state index contributed by atoms with van der Waals surface area (Å²) < 4.78 is 10.6. The minimum atomic E-state index is -0.400. The van der Waals surface area contributed by atoms with E-state index in [4.69, 9.17) is 15.2 Å². The van der Waals surface area contributed by atoms with E-state index in [0.29, 0.717) is 25.3 Å². The van der Waals surface area contributed by atoms with Gasteiger partial charge in [-0.25, -0.2) is 0 Å². The Labute approximate surface area is 103 Å². The lowest BCUT2D eigenvalue weighted by molar-refractivity contribution is -0.130. The molecule has 1 aliphatic carbocycles. The summed E-state index contributed by atoms with van der Waals surface area (Å²) in [5.74, 6) is -0.0956. The maximum absolute atomic E-state index is 11.4. The first kappa shape index (κ1) is 14.4. The third-order valence-electron chi connectivity index (χ3n) is 3.20. The van der Waals surface area contributed by atoms with E-state index in [0.717, 1.165) is 25.7 Å². The maximum Gasteiger partial charge on any atom is 0.248 e. The molecule has 0 radical (unpaired) electrons. The molecule has 0 aliphatic heterocycles. The molecule has 1 rings (SSSR count). The van der Waals surface area contributed by atoms with E-state index >= 15 is 0 Å². The van der Waals surface area contributed by atoms with E-state index in [2.05, 4.69) is 5.32 Å². The normalized spacial score (nSPS) is 26.5. The summed E-state index contributed by atoms with van der Waals surface area (Å²) in [7, 11) is 1.52. The van der Waals surface area contributed by atoms with Gasteiger partial charge < -0.3 is 20.5 Å². The van der Waals surface area contributed by atoms with E-state index in [9.17, 15) is 4.79 Å². The van der Waals surface area contributed by atoms with Gasteiger partial charge in [-0.15, -0.1) is 0 Å². The van der Waals surface area contributed by atoms with Crippen LogP contribution in [0.1, 0.15) is 32.6 Å². The van der Waals surface area contributed by atoms with E-state index in [1.807, 2.05) is 0 Å². The summed E-state index contributed by atoms with van der Waals surface area (Å²) in [6.45, 7) is 2.82. The number of nitrogens with two attached hydrogens (primary N) is 1. The third-order valence-corrected chi connectivity index (χ3v) is 3.20. The van der Waals surface area contributed by atoms with Gasteiger partial charge in [-0.2, -0.15) is 0 Å². The van der Waals surface area contributed by atoms with Gasteiger partial charge in [0.2, 0.25) is 5.91 Å². The Morgan fingerprint density at radius 1 is 1.41 bits per heavy atom. The van der Waals surface area contributed by atoms with E-state index in [-0.39, 0.29) is 5.91 Å². The zero-order chi connectivity index (χ0) is 12.7. The van der Waals surface area contributed by atoms with Crippen LogP contribution >= 0.6 is 0 Å². The minimum Gasteiger partial charge on any atom is -0.376 e. The molecule has 0 aromatic carbocycles. The van der Waals surface area contributed by atoms with Gasteiger partial charge in [-0.3, -0.25) is 4.79 Å². The molecule has 5 heteroatoms. The Bertz CT molecular complexity index is 228. The van der Waals surface area contributed by atoms with Crippen molar-refractivity contribution in [2.24, 2.45) is 5.73 Å². The van der Waals surface area contributed by atoms with Crippen molar-refractivity contribution in [3.05, 3.63) is 0 Å². The van der Waals surface area contributed by atoms with Crippen LogP contribution in [0.5, 0.6) is 0 Å². The minimum absolute atomic E-state index is 0.0956. The van der Waals surface area contributed by atoms with Gasteiger partial charge in [0.05, 0.1) is 12.7 Å². The van der Waals surface area contributed by atoms with Gasteiger partial charge in [0.1, 0.15) is 6.10 Å². The van der Waals surface area contributed by atoms with Gasteiger partial charge in [0, 0.05) is 19.7 Å². The number of nitrogens with one attached hydrogen (secondary N) is 1. The number of hydrogen-bond donors (Lipinski definition) is 2. The smallest absolute Gasteiger partial charge is 0.248 e. The highest BCUT2D eigenvalue weighted by Crippen LogP contribution is 2.19.